The lowest BCUT2D eigenvalue weighted by Gasteiger charge is -2.13. The molecule has 3 aromatic carbocycles. The molecule has 0 atom stereocenters. The molecule has 0 fully saturated rings. The minimum atomic E-state index is 0.435. The number of methoxy groups -OCH3 is 2. The highest BCUT2D eigenvalue weighted by atomic mass is 32.1. The van der Waals surface area contributed by atoms with Gasteiger partial charge < -0.3 is 14.2 Å². The molecule has 0 saturated heterocycles. The molecule has 4 rings (SSSR count). The van der Waals surface area contributed by atoms with E-state index in [1.54, 1.807) is 20.4 Å². The van der Waals surface area contributed by atoms with Crippen LogP contribution in [0.15, 0.2) is 83.3 Å². The number of nitrogens with one attached hydrogen (secondary N) is 1. The molecule has 0 spiro atoms. The van der Waals surface area contributed by atoms with Crippen LogP contribution in [-0.4, -0.2) is 25.4 Å². The van der Waals surface area contributed by atoms with Crippen molar-refractivity contribution in [2.75, 3.05) is 19.6 Å². The van der Waals surface area contributed by atoms with E-state index in [9.17, 15) is 0 Å². The van der Waals surface area contributed by atoms with Gasteiger partial charge in [-0.1, -0.05) is 48.5 Å². The highest BCUT2D eigenvalue weighted by Crippen LogP contribution is 2.33. The Morgan fingerprint density at radius 2 is 1.66 bits per heavy atom. The van der Waals surface area contributed by atoms with Crippen LogP contribution in [0, 0.1) is 0 Å². The number of hydrazone groups is 1. The summed E-state index contributed by atoms with van der Waals surface area (Å²) in [6.07, 6.45) is 1.70. The van der Waals surface area contributed by atoms with Crippen molar-refractivity contribution in [3.05, 3.63) is 89.3 Å². The predicted octanol–water partition coefficient (Wildman–Crippen LogP) is 5.85. The summed E-state index contributed by atoms with van der Waals surface area (Å²) in [5.74, 6) is 2.07. The Labute approximate surface area is 191 Å². The van der Waals surface area contributed by atoms with Gasteiger partial charge in [-0.15, -0.1) is 11.3 Å². The van der Waals surface area contributed by atoms with Gasteiger partial charge in [0.25, 0.3) is 0 Å². The Hall–Kier alpha value is -3.84. The summed E-state index contributed by atoms with van der Waals surface area (Å²) >= 11 is 1.47. The molecule has 6 nitrogen and oxygen atoms in total. The summed E-state index contributed by atoms with van der Waals surface area (Å²) in [6, 6.07) is 23.5. The van der Waals surface area contributed by atoms with Crippen molar-refractivity contribution in [2.24, 2.45) is 5.10 Å². The molecular formula is C25H23N3O3S. The van der Waals surface area contributed by atoms with E-state index in [1.807, 2.05) is 78.2 Å². The van der Waals surface area contributed by atoms with Crippen LogP contribution in [0.25, 0.3) is 11.3 Å². The van der Waals surface area contributed by atoms with Gasteiger partial charge in [0.1, 0.15) is 12.4 Å². The van der Waals surface area contributed by atoms with Crippen molar-refractivity contribution in [3.8, 4) is 28.5 Å². The zero-order valence-corrected chi connectivity index (χ0v) is 18.6. The van der Waals surface area contributed by atoms with Gasteiger partial charge >= 0.3 is 0 Å². The number of thiazole rings is 1. The van der Waals surface area contributed by atoms with Crippen LogP contribution in [-0.2, 0) is 6.61 Å². The van der Waals surface area contributed by atoms with Gasteiger partial charge in [-0.25, -0.2) is 4.98 Å². The van der Waals surface area contributed by atoms with E-state index < -0.39 is 0 Å². The normalized spacial score (nSPS) is 10.8. The zero-order chi connectivity index (χ0) is 22.2. The Kier molecular flexibility index (Phi) is 6.99. The molecular weight excluding hydrogens is 422 g/mol. The topological polar surface area (TPSA) is 65.0 Å². The van der Waals surface area contributed by atoms with Crippen molar-refractivity contribution in [2.45, 2.75) is 6.61 Å². The molecule has 0 radical (unpaired) electrons. The molecule has 0 aliphatic heterocycles. The Morgan fingerprint density at radius 3 is 2.47 bits per heavy atom. The van der Waals surface area contributed by atoms with Crippen molar-refractivity contribution in [1.82, 2.24) is 4.98 Å². The van der Waals surface area contributed by atoms with Crippen LogP contribution < -0.4 is 19.6 Å². The molecule has 0 amide bonds. The predicted molar refractivity (Wildman–Crippen MR) is 129 cm³/mol. The zero-order valence-electron chi connectivity index (χ0n) is 17.8. The highest BCUT2D eigenvalue weighted by molar-refractivity contribution is 7.14. The van der Waals surface area contributed by atoms with E-state index in [2.05, 4.69) is 15.5 Å². The number of ether oxygens (including phenoxy) is 3. The molecule has 0 bridgehead atoms. The summed E-state index contributed by atoms with van der Waals surface area (Å²) < 4.78 is 17.0. The number of rotatable bonds is 9. The monoisotopic (exact) mass is 445 g/mol. The number of nitrogens with zero attached hydrogens (tertiary/aromatic N) is 2. The molecule has 0 saturated carbocycles. The molecule has 1 aromatic heterocycles. The summed E-state index contributed by atoms with van der Waals surface area (Å²) in [6.45, 7) is 0.435. The van der Waals surface area contributed by atoms with Gasteiger partial charge in [-0.3, -0.25) is 5.43 Å². The van der Waals surface area contributed by atoms with Gasteiger partial charge in [0.05, 0.1) is 26.1 Å². The van der Waals surface area contributed by atoms with Crippen LogP contribution in [0.3, 0.4) is 0 Å². The first-order valence-electron chi connectivity index (χ1n) is 10.00. The van der Waals surface area contributed by atoms with Crippen LogP contribution in [0.5, 0.6) is 17.2 Å². The average Bonchev–Trinajstić information content (AvgIpc) is 3.32. The van der Waals surface area contributed by atoms with Crippen molar-refractivity contribution < 1.29 is 14.2 Å². The lowest BCUT2D eigenvalue weighted by atomic mass is 10.1. The second kappa shape index (κ2) is 10.5. The lowest BCUT2D eigenvalue weighted by Crippen LogP contribution is -2.01. The molecule has 0 aliphatic rings. The number of benzene rings is 3. The summed E-state index contributed by atoms with van der Waals surface area (Å²) in [5, 5.41) is 7.00. The molecule has 0 aliphatic carbocycles. The first-order valence-corrected chi connectivity index (χ1v) is 10.9. The summed E-state index contributed by atoms with van der Waals surface area (Å²) in [7, 11) is 3.28. The second-order valence-electron chi connectivity index (χ2n) is 6.76. The summed E-state index contributed by atoms with van der Waals surface area (Å²) in [5.41, 5.74) is 6.64. The largest absolute Gasteiger partial charge is 0.496 e. The minimum Gasteiger partial charge on any atom is -0.496 e. The SMILES string of the molecule is COc1ccccc1-c1csc(N/N=C\c2cccc(OC)c2OCc2ccccc2)n1. The fourth-order valence-electron chi connectivity index (χ4n) is 3.14. The number of hydrogen-bond acceptors (Lipinski definition) is 7. The van der Waals surface area contributed by atoms with Gasteiger partial charge in [0, 0.05) is 16.5 Å². The minimum absolute atomic E-state index is 0.435. The number of hydrogen-bond donors (Lipinski definition) is 1. The molecule has 32 heavy (non-hydrogen) atoms. The quantitative estimate of drug-likeness (QED) is 0.258. The van der Waals surface area contributed by atoms with E-state index in [0.29, 0.717) is 23.2 Å². The average molecular weight is 446 g/mol. The van der Waals surface area contributed by atoms with Gasteiger partial charge in [0.2, 0.25) is 5.13 Å². The third-order valence-corrected chi connectivity index (χ3v) is 5.45. The lowest BCUT2D eigenvalue weighted by molar-refractivity contribution is 0.284. The van der Waals surface area contributed by atoms with Crippen LogP contribution in [0.1, 0.15) is 11.1 Å². The Bertz CT molecular complexity index is 1190. The first-order chi connectivity index (χ1) is 15.8. The summed E-state index contributed by atoms with van der Waals surface area (Å²) in [4.78, 5) is 4.61. The smallest absolute Gasteiger partial charge is 0.203 e. The fourth-order valence-corrected chi connectivity index (χ4v) is 3.80. The van der Waals surface area contributed by atoms with Crippen molar-refractivity contribution in [1.29, 1.82) is 0 Å². The van der Waals surface area contributed by atoms with E-state index in [1.165, 1.54) is 11.3 Å². The Morgan fingerprint density at radius 1 is 0.906 bits per heavy atom. The Balaban J connectivity index is 1.48. The number of aromatic nitrogens is 1. The second-order valence-corrected chi connectivity index (χ2v) is 7.62. The van der Waals surface area contributed by atoms with Crippen LogP contribution >= 0.6 is 11.3 Å². The van der Waals surface area contributed by atoms with E-state index in [-0.39, 0.29) is 0 Å². The number of anilines is 1. The molecule has 162 valence electrons. The van der Waals surface area contributed by atoms with Gasteiger partial charge in [0.15, 0.2) is 11.5 Å². The molecule has 1 heterocycles. The van der Waals surface area contributed by atoms with E-state index >= 15 is 0 Å². The van der Waals surface area contributed by atoms with Crippen molar-refractivity contribution >= 4 is 22.7 Å². The highest BCUT2D eigenvalue weighted by Gasteiger charge is 2.11. The van der Waals surface area contributed by atoms with Gasteiger partial charge in [-0.2, -0.15) is 5.10 Å². The van der Waals surface area contributed by atoms with E-state index in [0.717, 1.165) is 28.1 Å². The maximum Gasteiger partial charge on any atom is 0.203 e. The van der Waals surface area contributed by atoms with Crippen LogP contribution in [0.2, 0.25) is 0 Å². The first kappa shape index (κ1) is 21.4. The standard InChI is InChI=1S/C25H23N3O3S/c1-29-22-13-7-6-12-20(22)21-17-32-25(27-21)28-26-15-19-11-8-14-23(30-2)24(19)31-16-18-9-4-3-5-10-18/h3-15,17H,16H2,1-2H3,(H,27,28)/b26-15-. The third-order valence-electron chi connectivity index (χ3n) is 4.71. The van der Waals surface area contributed by atoms with Crippen molar-refractivity contribution in [3.63, 3.8) is 0 Å². The molecule has 4 aromatic rings. The number of para-hydroxylation sites is 2. The maximum absolute atomic E-state index is 6.06. The molecule has 1 N–H and O–H groups in total. The maximum atomic E-state index is 6.06. The fraction of sp³-hybridized carbons (Fsp3) is 0.120. The third kappa shape index (κ3) is 5.07. The molecule has 0 unspecified atom stereocenters. The van der Waals surface area contributed by atoms with E-state index in [4.69, 9.17) is 14.2 Å². The van der Waals surface area contributed by atoms with Crippen LogP contribution in [0.4, 0.5) is 5.13 Å². The van der Waals surface area contributed by atoms with Gasteiger partial charge in [-0.05, 0) is 29.8 Å². The molecule has 7 heteroatoms.